The zero-order chi connectivity index (χ0) is 16.4. The van der Waals surface area contributed by atoms with Gasteiger partial charge in [0.05, 0.1) is 11.4 Å². The van der Waals surface area contributed by atoms with Gasteiger partial charge in [0.2, 0.25) is 10.0 Å². The van der Waals surface area contributed by atoms with Crippen molar-refractivity contribution in [2.45, 2.75) is 24.9 Å². The number of fused-ring (bicyclic) bond motifs is 1. The first kappa shape index (κ1) is 15.9. The summed E-state index contributed by atoms with van der Waals surface area (Å²) >= 11 is 5.78. The van der Waals surface area contributed by atoms with Gasteiger partial charge in [-0.1, -0.05) is 11.6 Å². The lowest BCUT2D eigenvalue weighted by atomic mass is 10.4. The van der Waals surface area contributed by atoms with Gasteiger partial charge in [0.1, 0.15) is 11.3 Å². The highest BCUT2D eigenvalue weighted by Crippen LogP contribution is 2.16. The molecule has 0 aliphatic heterocycles. The van der Waals surface area contributed by atoms with Crippen LogP contribution in [0.4, 0.5) is 0 Å². The SMILES string of the molecule is CCn1c(CNS(=O)(=O)c2ccc(Cl)cc2)nc2cccnc21. The molecular weight excluding hydrogens is 336 g/mol. The van der Waals surface area contributed by atoms with Gasteiger partial charge in [0.15, 0.2) is 5.65 Å². The Morgan fingerprint density at radius 1 is 1.22 bits per heavy atom. The Morgan fingerprint density at radius 2 is 1.96 bits per heavy atom. The molecule has 0 amide bonds. The molecule has 0 saturated heterocycles. The molecule has 2 heterocycles. The maximum absolute atomic E-state index is 12.3. The summed E-state index contributed by atoms with van der Waals surface area (Å²) in [5.41, 5.74) is 1.49. The fourth-order valence-electron chi connectivity index (χ4n) is 2.33. The minimum Gasteiger partial charge on any atom is -0.312 e. The first-order valence-electron chi connectivity index (χ1n) is 7.06. The Bertz CT molecular complexity index is 936. The number of nitrogens with zero attached hydrogens (tertiary/aromatic N) is 3. The number of pyridine rings is 1. The van der Waals surface area contributed by atoms with E-state index in [2.05, 4.69) is 14.7 Å². The highest BCUT2D eigenvalue weighted by molar-refractivity contribution is 7.89. The van der Waals surface area contributed by atoms with Gasteiger partial charge >= 0.3 is 0 Å². The summed E-state index contributed by atoms with van der Waals surface area (Å²) in [6.07, 6.45) is 1.69. The molecule has 0 aliphatic carbocycles. The van der Waals surface area contributed by atoms with Crippen LogP contribution in [0.2, 0.25) is 5.02 Å². The second-order valence-electron chi connectivity index (χ2n) is 4.90. The van der Waals surface area contributed by atoms with E-state index in [-0.39, 0.29) is 11.4 Å². The zero-order valence-electron chi connectivity index (χ0n) is 12.4. The van der Waals surface area contributed by atoms with Gasteiger partial charge < -0.3 is 4.57 Å². The van der Waals surface area contributed by atoms with Crippen LogP contribution in [0.3, 0.4) is 0 Å². The van der Waals surface area contributed by atoms with E-state index in [0.717, 1.165) is 11.2 Å². The zero-order valence-corrected chi connectivity index (χ0v) is 14.0. The van der Waals surface area contributed by atoms with Gasteiger partial charge in [-0.3, -0.25) is 0 Å². The Morgan fingerprint density at radius 3 is 2.65 bits per heavy atom. The number of rotatable bonds is 5. The molecule has 8 heteroatoms. The summed E-state index contributed by atoms with van der Waals surface area (Å²) in [4.78, 5) is 8.91. The largest absolute Gasteiger partial charge is 0.312 e. The Kier molecular flexibility index (Phi) is 4.34. The minimum absolute atomic E-state index is 0.0924. The summed E-state index contributed by atoms with van der Waals surface area (Å²) in [6.45, 7) is 2.72. The van der Waals surface area contributed by atoms with E-state index in [1.807, 2.05) is 17.6 Å². The molecule has 6 nitrogen and oxygen atoms in total. The number of aromatic nitrogens is 3. The molecule has 0 radical (unpaired) electrons. The third kappa shape index (κ3) is 3.21. The van der Waals surface area contributed by atoms with Crippen molar-refractivity contribution in [2.75, 3.05) is 0 Å². The second kappa shape index (κ2) is 6.27. The van der Waals surface area contributed by atoms with Crippen LogP contribution in [0, 0.1) is 0 Å². The molecule has 2 aromatic heterocycles. The van der Waals surface area contributed by atoms with Crippen LogP contribution in [-0.4, -0.2) is 23.0 Å². The van der Waals surface area contributed by atoms with E-state index >= 15 is 0 Å². The van der Waals surface area contributed by atoms with Crippen molar-refractivity contribution in [2.24, 2.45) is 0 Å². The third-order valence-corrected chi connectivity index (χ3v) is 5.11. The molecule has 0 spiro atoms. The van der Waals surface area contributed by atoms with Gasteiger partial charge in [-0.05, 0) is 43.3 Å². The maximum atomic E-state index is 12.3. The number of halogens is 1. The van der Waals surface area contributed by atoms with Crippen LogP contribution >= 0.6 is 11.6 Å². The van der Waals surface area contributed by atoms with Crippen molar-refractivity contribution < 1.29 is 8.42 Å². The minimum atomic E-state index is -3.62. The van der Waals surface area contributed by atoms with E-state index in [1.54, 1.807) is 24.4 Å². The van der Waals surface area contributed by atoms with E-state index in [1.165, 1.54) is 12.1 Å². The summed E-state index contributed by atoms with van der Waals surface area (Å²) in [7, 11) is -3.62. The van der Waals surface area contributed by atoms with Crippen molar-refractivity contribution in [3.63, 3.8) is 0 Å². The van der Waals surface area contributed by atoms with Crippen LogP contribution in [0.1, 0.15) is 12.7 Å². The fraction of sp³-hybridized carbons (Fsp3) is 0.200. The first-order chi connectivity index (χ1) is 11.0. The maximum Gasteiger partial charge on any atom is 0.240 e. The third-order valence-electron chi connectivity index (χ3n) is 3.44. The number of nitrogens with one attached hydrogen (secondary N) is 1. The molecule has 1 N–H and O–H groups in total. The normalized spacial score (nSPS) is 11.9. The summed E-state index contributed by atoms with van der Waals surface area (Å²) < 4.78 is 29.1. The lowest BCUT2D eigenvalue weighted by Gasteiger charge is -2.08. The van der Waals surface area contributed by atoms with Gasteiger partial charge in [0.25, 0.3) is 0 Å². The summed E-state index contributed by atoms with van der Waals surface area (Å²) in [5.74, 6) is 0.624. The molecule has 0 bridgehead atoms. The van der Waals surface area contributed by atoms with Crippen molar-refractivity contribution in [1.82, 2.24) is 19.3 Å². The molecule has 120 valence electrons. The Hall–Kier alpha value is -1.96. The smallest absolute Gasteiger partial charge is 0.240 e. The summed E-state index contributed by atoms with van der Waals surface area (Å²) in [5, 5.41) is 0.489. The van der Waals surface area contributed by atoms with Gasteiger partial charge in [0, 0.05) is 17.8 Å². The number of imidazole rings is 1. The number of hydrogen-bond donors (Lipinski definition) is 1. The fourth-order valence-corrected chi connectivity index (χ4v) is 3.44. The molecule has 0 atom stereocenters. The van der Waals surface area contributed by atoms with E-state index < -0.39 is 10.0 Å². The number of benzene rings is 1. The van der Waals surface area contributed by atoms with Crippen LogP contribution in [-0.2, 0) is 23.1 Å². The highest BCUT2D eigenvalue weighted by Gasteiger charge is 2.16. The van der Waals surface area contributed by atoms with E-state index in [9.17, 15) is 8.42 Å². The first-order valence-corrected chi connectivity index (χ1v) is 8.93. The molecule has 1 aromatic carbocycles. The molecule has 0 saturated carbocycles. The standard InChI is InChI=1S/C15H15ClN4O2S/c1-2-20-14(19-13-4-3-9-17-15(13)20)10-18-23(21,22)12-7-5-11(16)6-8-12/h3-9,18H,2,10H2,1H3. The molecule has 0 unspecified atom stereocenters. The van der Waals surface area contributed by atoms with Crippen molar-refractivity contribution in [3.05, 3.63) is 53.4 Å². The van der Waals surface area contributed by atoms with E-state index in [0.29, 0.717) is 17.4 Å². The molecular formula is C15H15ClN4O2S. The van der Waals surface area contributed by atoms with Crippen molar-refractivity contribution in [1.29, 1.82) is 0 Å². The highest BCUT2D eigenvalue weighted by atomic mass is 35.5. The van der Waals surface area contributed by atoms with Crippen LogP contribution in [0.15, 0.2) is 47.5 Å². The topological polar surface area (TPSA) is 76.9 Å². The van der Waals surface area contributed by atoms with Crippen LogP contribution < -0.4 is 4.72 Å². The Balaban J connectivity index is 1.87. The van der Waals surface area contributed by atoms with Crippen molar-refractivity contribution in [3.8, 4) is 0 Å². The lowest BCUT2D eigenvalue weighted by Crippen LogP contribution is -2.25. The van der Waals surface area contributed by atoms with Crippen LogP contribution in [0.5, 0.6) is 0 Å². The molecule has 3 rings (SSSR count). The van der Waals surface area contributed by atoms with Gasteiger partial charge in [-0.15, -0.1) is 0 Å². The lowest BCUT2D eigenvalue weighted by molar-refractivity contribution is 0.576. The van der Waals surface area contributed by atoms with Gasteiger partial charge in [-0.2, -0.15) is 0 Å². The average molecular weight is 351 g/mol. The molecule has 3 aromatic rings. The molecule has 0 aliphatic rings. The van der Waals surface area contributed by atoms with Gasteiger partial charge in [-0.25, -0.2) is 23.1 Å². The number of sulfonamides is 1. The second-order valence-corrected chi connectivity index (χ2v) is 7.10. The van der Waals surface area contributed by atoms with Crippen LogP contribution in [0.25, 0.3) is 11.2 Å². The number of aryl methyl sites for hydroxylation is 1. The quantitative estimate of drug-likeness (QED) is 0.767. The van der Waals surface area contributed by atoms with E-state index in [4.69, 9.17) is 11.6 Å². The predicted molar refractivity (Wildman–Crippen MR) is 88.7 cm³/mol. The Labute approximate surface area is 139 Å². The average Bonchev–Trinajstić information content (AvgIpc) is 2.91. The summed E-state index contributed by atoms with van der Waals surface area (Å²) in [6, 6.07) is 9.68. The molecule has 0 fully saturated rings. The van der Waals surface area contributed by atoms with Crippen molar-refractivity contribution >= 4 is 32.8 Å². The predicted octanol–water partition coefficient (Wildman–Crippen LogP) is 2.58. The monoisotopic (exact) mass is 350 g/mol. The molecule has 23 heavy (non-hydrogen) atoms. The number of hydrogen-bond acceptors (Lipinski definition) is 4.